The van der Waals surface area contributed by atoms with Crippen molar-refractivity contribution in [1.29, 1.82) is 0 Å². The van der Waals surface area contributed by atoms with E-state index in [4.69, 9.17) is 44.1 Å². The molecule has 0 saturated carbocycles. The maximum atomic E-state index is 11.4. The molecule has 0 fully saturated rings. The van der Waals surface area contributed by atoms with E-state index >= 15 is 0 Å². The van der Waals surface area contributed by atoms with Crippen LogP contribution in [0.15, 0.2) is 0 Å². The van der Waals surface area contributed by atoms with E-state index in [1.807, 2.05) is 0 Å². The summed E-state index contributed by atoms with van der Waals surface area (Å²) >= 11 is 15.8. The maximum absolute atomic E-state index is 11.4. The summed E-state index contributed by atoms with van der Waals surface area (Å²) in [7, 11) is -3.61. The van der Waals surface area contributed by atoms with E-state index in [0.717, 1.165) is 0 Å². The molecule has 0 saturated heterocycles. The molecule has 0 atom stereocenters. The molecule has 0 radical (unpaired) electrons. The summed E-state index contributed by atoms with van der Waals surface area (Å²) in [5, 5.41) is 0. The van der Waals surface area contributed by atoms with Crippen LogP contribution in [0.1, 0.15) is 12.8 Å². The van der Waals surface area contributed by atoms with E-state index < -0.39 is 7.82 Å². The van der Waals surface area contributed by atoms with Gasteiger partial charge in [-0.2, -0.15) is 4.08 Å². The average Bonchev–Trinajstić information content (AvgIpc) is 2.19. The summed E-state index contributed by atoms with van der Waals surface area (Å²) in [6, 6.07) is 0. The Morgan fingerprint density at radius 2 is 1.43 bits per heavy atom. The summed E-state index contributed by atoms with van der Waals surface area (Å²) in [6.45, 7) is 0.350. The molecule has 4 nitrogen and oxygen atoms in total. The molecule has 0 aromatic rings. The van der Waals surface area contributed by atoms with E-state index in [2.05, 4.69) is 4.08 Å². The van der Waals surface area contributed by atoms with Crippen molar-refractivity contribution >= 4 is 42.9 Å². The zero-order valence-electron chi connectivity index (χ0n) is 7.46. The fraction of sp³-hybridized carbons (Fsp3) is 1.00. The number of alkyl halides is 2. The number of phosphoric ester groups is 1. The number of halogens is 3. The zero-order valence-corrected chi connectivity index (χ0v) is 10.6. The van der Waals surface area contributed by atoms with Gasteiger partial charge in [-0.25, -0.2) is 4.57 Å². The van der Waals surface area contributed by atoms with Crippen molar-refractivity contribution in [1.82, 2.24) is 0 Å². The predicted octanol–water partition coefficient (Wildman–Crippen LogP) is 3.56. The Labute approximate surface area is 98.5 Å². The van der Waals surface area contributed by atoms with Gasteiger partial charge in [0.25, 0.3) is 0 Å². The molecule has 0 N–H and O–H groups in total. The molecule has 8 heteroatoms. The monoisotopic (exact) mass is 284 g/mol. The van der Waals surface area contributed by atoms with Crippen LogP contribution in [0.3, 0.4) is 0 Å². The van der Waals surface area contributed by atoms with Crippen molar-refractivity contribution in [3.05, 3.63) is 0 Å². The summed E-state index contributed by atoms with van der Waals surface area (Å²) in [5.74, 6) is 0.813. The first-order chi connectivity index (χ1) is 6.68. The minimum atomic E-state index is -3.61. The first-order valence-electron chi connectivity index (χ1n) is 4.00. The highest BCUT2D eigenvalue weighted by atomic mass is 35.5. The SMILES string of the molecule is O=P(OCl)(OCCCCl)OCCCCl. The van der Waals surface area contributed by atoms with Gasteiger partial charge in [-0.3, -0.25) is 9.05 Å². The second-order valence-corrected chi connectivity index (χ2v) is 4.99. The van der Waals surface area contributed by atoms with Crippen LogP contribution in [0.2, 0.25) is 0 Å². The van der Waals surface area contributed by atoms with Crippen LogP contribution in [0, 0.1) is 0 Å². The highest BCUT2D eigenvalue weighted by molar-refractivity contribution is 7.49. The van der Waals surface area contributed by atoms with Crippen LogP contribution in [0.25, 0.3) is 0 Å². The lowest BCUT2D eigenvalue weighted by Gasteiger charge is -2.13. The zero-order chi connectivity index (χ0) is 10.9. The third-order valence-corrected chi connectivity index (χ3v) is 3.35. The van der Waals surface area contributed by atoms with Crippen LogP contribution >= 0.6 is 42.9 Å². The molecular formula is C6H12Cl3O4P. The first kappa shape index (κ1) is 15.0. The van der Waals surface area contributed by atoms with Crippen LogP contribution in [-0.2, 0) is 17.7 Å². The molecule has 0 aliphatic carbocycles. The van der Waals surface area contributed by atoms with Crippen molar-refractivity contribution in [2.45, 2.75) is 12.8 Å². The highest BCUT2D eigenvalue weighted by Gasteiger charge is 2.25. The van der Waals surface area contributed by atoms with E-state index in [0.29, 0.717) is 24.6 Å². The third-order valence-electron chi connectivity index (χ3n) is 1.14. The molecule has 14 heavy (non-hydrogen) atoms. The summed E-state index contributed by atoms with van der Waals surface area (Å²) < 4.78 is 25.2. The number of rotatable bonds is 9. The van der Waals surface area contributed by atoms with E-state index in [1.165, 1.54) is 0 Å². The summed E-state index contributed by atoms with van der Waals surface area (Å²) in [6.07, 6.45) is 1.09. The molecule has 0 spiro atoms. The largest absolute Gasteiger partial charge is 0.491 e. The standard InChI is InChI=1S/C6H12Cl3O4P/c7-3-1-5-11-14(10,13-9)12-6-2-4-8/h1-6H2. The Kier molecular flexibility index (Phi) is 9.87. The molecule has 0 aromatic heterocycles. The summed E-state index contributed by atoms with van der Waals surface area (Å²) in [5.41, 5.74) is 0. The normalized spacial score (nSPS) is 11.9. The minimum absolute atomic E-state index is 0.175. The van der Waals surface area contributed by atoms with Gasteiger partial charge in [-0.15, -0.1) is 23.2 Å². The number of hydrogen-bond acceptors (Lipinski definition) is 4. The van der Waals surface area contributed by atoms with Crippen LogP contribution in [-0.4, -0.2) is 25.0 Å². The molecule has 0 rings (SSSR count). The Bertz CT molecular complexity index is 166. The molecule has 0 aromatic carbocycles. The van der Waals surface area contributed by atoms with Gasteiger partial charge in [0.1, 0.15) is 0 Å². The van der Waals surface area contributed by atoms with Crippen molar-refractivity contribution in [2.75, 3.05) is 25.0 Å². The molecular weight excluding hydrogens is 273 g/mol. The van der Waals surface area contributed by atoms with Gasteiger partial charge in [-0.05, 0) is 12.8 Å². The van der Waals surface area contributed by atoms with Gasteiger partial charge >= 0.3 is 7.82 Å². The van der Waals surface area contributed by atoms with Gasteiger partial charge in [0, 0.05) is 11.8 Å². The molecule has 0 bridgehead atoms. The number of phosphoric acid groups is 1. The Morgan fingerprint density at radius 1 is 1.00 bits per heavy atom. The van der Waals surface area contributed by atoms with Gasteiger partial charge < -0.3 is 0 Å². The highest BCUT2D eigenvalue weighted by Crippen LogP contribution is 2.50. The van der Waals surface area contributed by atoms with Crippen LogP contribution in [0.5, 0.6) is 0 Å². The Hall–Kier alpha value is 0.980. The van der Waals surface area contributed by atoms with Gasteiger partial charge in [0.15, 0.2) is 0 Å². The number of hydrogen-bond donors (Lipinski definition) is 0. The maximum Gasteiger partial charge on any atom is 0.491 e. The second kappa shape index (κ2) is 9.22. The van der Waals surface area contributed by atoms with Gasteiger partial charge in [0.2, 0.25) is 0 Å². The van der Waals surface area contributed by atoms with Crippen LogP contribution in [0.4, 0.5) is 0 Å². The van der Waals surface area contributed by atoms with Crippen molar-refractivity contribution in [3.63, 3.8) is 0 Å². The molecule has 0 aliphatic rings. The topological polar surface area (TPSA) is 44.8 Å². The molecule has 0 amide bonds. The molecule has 86 valence electrons. The quantitative estimate of drug-likeness (QED) is 0.369. The Morgan fingerprint density at radius 3 is 1.71 bits per heavy atom. The van der Waals surface area contributed by atoms with E-state index in [-0.39, 0.29) is 13.2 Å². The smallest absolute Gasteiger partial charge is 0.286 e. The fourth-order valence-electron chi connectivity index (χ4n) is 0.539. The van der Waals surface area contributed by atoms with E-state index in [1.54, 1.807) is 0 Å². The van der Waals surface area contributed by atoms with Crippen LogP contribution < -0.4 is 0 Å². The average molecular weight is 285 g/mol. The van der Waals surface area contributed by atoms with Crippen molar-refractivity contribution in [2.24, 2.45) is 0 Å². The molecule has 0 aliphatic heterocycles. The van der Waals surface area contributed by atoms with Crippen molar-refractivity contribution < 1.29 is 17.7 Å². The summed E-state index contributed by atoms with van der Waals surface area (Å²) in [4.78, 5) is 0. The minimum Gasteiger partial charge on any atom is -0.286 e. The lowest BCUT2D eigenvalue weighted by Crippen LogP contribution is -2.00. The second-order valence-electron chi connectivity index (χ2n) is 2.27. The molecule has 0 unspecified atom stereocenters. The molecule has 0 heterocycles. The van der Waals surface area contributed by atoms with Gasteiger partial charge in [0.05, 0.1) is 25.1 Å². The third kappa shape index (κ3) is 7.30. The lowest BCUT2D eigenvalue weighted by atomic mass is 10.5. The first-order valence-corrected chi connectivity index (χ1v) is 6.83. The fourth-order valence-corrected chi connectivity index (χ4v) is 1.86. The predicted molar refractivity (Wildman–Crippen MR) is 57.1 cm³/mol. The van der Waals surface area contributed by atoms with E-state index in [9.17, 15) is 4.57 Å². The lowest BCUT2D eigenvalue weighted by molar-refractivity contribution is 0.160. The van der Waals surface area contributed by atoms with Crippen molar-refractivity contribution in [3.8, 4) is 0 Å². The van der Waals surface area contributed by atoms with Gasteiger partial charge in [-0.1, -0.05) is 0 Å². The Balaban J connectivity index is 3.74.